The molecule has 17 heavy (non-hydrogen) atoms. The van der Waals surface area contributed by atoms with E-state index in [4.69, 9.17) is 4.74 Å². The topological polar surface area (TPSA) is 21.3 Å². The zero-order valence-corrected chi connectivity index (χ0v) is 10.3. The highest BCUT2D eigenvalue weighted by atomic mass is 19.1. The van der Waals surface area contributed by atoms with Crippen LogP contribution in [0.4, 0.5) is 4.39 Å². The van der Waals surface area contributed by atoms with Crippen LogP contribution in [0.2, 0.25) is 0 Å². The molecule has 1 aliphatic carbocycles. The van der Waals surface area contributed by atoms with Gasteiger partial charge in [-0.25, -0.2) is 0 Å². The summed E-state index contributed by atoms with van der Waals surface area (Å²) in [5.74, 6) is 0.941. The summed E-state index contributed by atoms with van der Waals surface area (Å²) in [6.45, 7) is 0.158. The molecule has 1 aromatic carbocycles. The Hall–Kier alpha value is -1.09. The average molecular weight is 237 g/mol. The van der Waals surface area contributed by atoms with Gasteiger partial charge in [0, 0.05) is 12.5 Å². The first kappa shape index (κ1) is 12.4. The summed E-state index contributed by atoms with van der Waals surface area (Å²) in [6, 6.07) is 6.62. The number of ether oxygens (including phenoxy) is 1. The Morgan fingerprint density at radius 3 is 3.12 bits per heavy atom. The zero-order valence-electron chi connectivity index (χ0n) is 10.3. The largest absolute Gasteiger partial charge is 0.493 e. The van der Waals surface area contributed by atoms with Gasteiger partial charge in [-0.2, -0.15) is 0 Å². The van der Waals surface area contributed by atoms with Gasteiger partial charge in [-0.15, -0.1) is 0 Å². The van der Waals surface area contributed by atoms with Crippen molar-refractivity contribution < 1.29 is 9.13 Å². The summed E-state index contributed by atoms with van der Waals surface area (Å²) in [5.41, 5.74) is 2.65. The minimum Gasteiger partial charge on any atom is -0.493 e. The normalized spacial score (nSPS) is 18.8. The van der Waals surface area contributed by atoms with Crippen LogP contribution in [0.5, 0.6) is 5.75 Å². The fourth-order valence-electron chi connectivity index (χ4n) is 2.49. The quantitative estimate of drug-likeness (QED) is 0.795. The number of nitrogens with one attached hydrogen (secondary N) is 1. The molecule has 0 aliphatic heterocycles. The summed E-state index contributed by atoms with van der Waals surface area (Å²) in [7, 11) is 2.00. The van der Waals surface area contributed by atoms with Crippen LogP contribution >= 0.6 is 0 Å². The highest BCUT2D eigenvalue weighted by Crippen LogP contribution is 2.35. The number of benzene rings is 1. The van der Waals surface area contributed by atoms with Gasteiger partial charge < -0.3 is 10.1 Å². The third-order valence-electron chi connectivity index (χ3n) is 3.35. The van der Waals surface area contributed by atoms with Crippen molar-refractivity contribution in [3.8, 4) is 5.75 Å². The van der Waals surface area contributed by atoms with Gasteiger partial charge in [-0.3, -0.25) is 4.39 Å². The monoisotopic (exact) mass is 237 g/mol. The standard InChI is InChI=1S/C14H20FNO/c1-16-13-7-2-6-12-11(13)5-3-8-14(12)17-10-4-9-15/h3,5,8,13,16H,2,4,6-7,9-10H2,1H3. The lowest BCUT2D eigenvalue weighted by atomic mass is 9.87. The van der Waals surface area contributed by atoms with Crippen molar-refractivity contribution in [3.63, 3.8) is 0 Å². The zero-order chi connectivity index (χ0) is 12.1. The van der Waals surface area contributed by atoms with E-state index < -0.39 is 0 Å². The van der Waals surface area contributed by atoms with E-state index in [0.29, 0.717) is 19.1 Å². The Balaban J connectivity index is 2.17. The number of alkyl halides is 1. The predicted molar refractivity (Wildman–Crippen MR) is 67.3 cm³/mol. The molecular formula is C14H20FNO. The van der Waals surface area contributed by atoms with E-state index in [1.807, 2.05) is 19.2 Å². The molecule has 0 bridgehead atoms. The van der Waals surface area contributed by atoms with Gasteiger partial charge in [0.05, 0.1) is 13.3 Å². The van der Waals surface area contributed by atoms with Crippen LogP contribution in [0.1, 0.15) is 36.4 Å². The highest BCUT2D eigenvalue weighted by molar-refractivity contribution is 5.43. The Kier molecular flexibility index (Phi) is 4.37. The van der Waals surface area contributed by atoms with Gasteiger partial charge >= 0.3 is 0 Å². The van der Waals surface area contributed by atoms with E-state index >= 15 is 0 Å². The molecule has 1 aliphatic rings. The molecule has 2 nitrogen and oxygen atoms in total. The lowest BCUT2D eigenvalue weighted by molar-refractivity contribution is 0.285. The van der Waals surface area contributed by atoms with Gasteiger partial charge in [0.15, 0.2) is 0 Å². The number of hydrogen-bond acceptors (Lipinski definition) is 2. The number of rotatable bonds is 5. The molecule has 0 radical (unpaired) electrons. The van der Waals surface area contributed by atoms with Crippen molar-refractivity contribution in [2.75, 3.05) is 20.3 Å². The van der Waals surface area contributed by atoms with E-state index in [-0.39, 0.29) is 6.67 Å². The molecule has 0 spiro atoms. The van der Waals surface area contributed by atoms with Crippen LogP contribution in [0.15, 0.2) is 18.2 Å². The smallest absolute Gasteiger partial charge is 0.122 e. The second-order valence-electron chi connectivity index (χ2n) is 4.45. The van der Waals surface area contributed by atoms with Crippen LogP contribution in [0, 0.1) is 0 Å². The molecule has 0 saturated heterocycles. The Morgan fingerprint density at radius 2 is 2.35 bits per heavy atom. The lowest BCUT2D eigenvalue weighted by Gasteiger charge is -2.26. The molecule has 1 N–H and O–H groups in total. The minimum absolute atomic E-state index is 0.311. The Bertz CT molecular complexity index is 367. The van der Waals surface area contributed by atoms with Gasteiger partial charge in [0.1, 0.15) is 5.75 Å². The highest BCUT2D eigenvalue weighted by Gasteiger charge is 2.21. The van der Waals surface area contributed by atoms with Crippen molar-refractivity contribution in [1.29, 1.82) is 0 Å². The summed E-state index contributed by atoms with van der Waals surface area (Å²) in [5, 5.41) is 3.34. The lowest BCUT2D eigenvalue weighted by Crippen LogP contribution is -2.22. The molecule has 0 heterocycles. The molecule has 0 fully saturated rings. The Labute approximate surface area is 102 Å². The second-order valence-corrected chi connectivity index (χ2v) is 4.45. The molecule has 1 aromatic rings. The predicted octanol–water partition coefficient (Wildman–Crippen LogP) is 3.02. The van der Waals surface area contributed by atoms with E-state index in [1.54, 1.807) is 0 Å². The number of hydrogen-bond donors (Lipinski definition) is 1. The van der Waals surface area contributed by atoms with Gasteiger partial charge in [-0.05, 0) is 43.5 Å². The van der Waals surface area contributed by atoms with Gasteiger partial charge in [0.25, 0.3) is 0 Å². The first-order valence-corrected chi connectivity index (χ1v) is 6.34. The van der Waals surface area contributed by atoms with Crippen molar-refractivity contribution >= 4 is 0 Å². The molecule has 0 saturated carbocycles. The van der Waals surface area contributed by atoms with Crippen LogP contribution in [-0.2, 0) is 6.42 Å². The first-order valence-electron chi connectivity index (χ1n) is 6.34. The fraction of sp³-hybridized carbons (Fsp3) is 0.571. The van der Waals surface area contributed by atoms with Crippen molar-refractivity contribution in [2.24, 2.45) is 0 Å². The average Bonchev–Trinajstić information content (AvgIpc) is 2.38. The van der Waals surface area contributed by atoms with Crippen LogP contribution in [0.3, 0.4) is 0 Å². The molecule has 1 unspecified atom stereocenters. The minimum atomic E-state index is -0.311. The molecule has 1 atom stereocenters. The van der Waals surface area contributed by atoms with Gasteiger partial charge in [0.2, 0.25) is 0 Å². The van der Waals surface area contributed by atoms with Crippen molar-refractivity contribution in [2.45, 2.75) is 31.7 Å². The molecule has 2 rings (SSSR count). The summed E-state index contributed by atoms with van der Waals surface area (Å²) >= 11 is 0. The molecule has 0 aromatic heterocycles. The van der Waals surface area contributed by atoms with E-state index in [2.05, 4.69) is 11.4 Å². The van der Waals surface area contributed by atoms with E-state index in [1.165, 1.54) is 24.0 Å². The number of halogens is 1. The Morgan fingerprint density at radius 1 is 1.47 bits per heavy atom. The third kappa shape index (κ3) is 2.78. The van der Waals surface area contributed by atoms with Crippen LogP contribution < -0.4 is 10.1 Å². The maximum absolute atomic E-state index is 12.1. The van der Waals surface area contributed by atoms with Crippen molar-refractivity contribution in [1.82, 2.24) is 5.32 Å². The van der Waals surface area contributed by atoms with Crippen molar-refractivity contribution in [3.05, 3.63) is 29.3 Å². The van der Waals surface area contributed by atoms with Gasteiger partial charge in [-0.1, -0.05) is 12.1 Å². The second kappa shape index (κ2) is 6.01. The maximum atomic E-state index is 12.1. The number of fused-ring (bicyclic) bond motifs is 1. The van der Waals surface area contributed by atoms with Crippen LogP contribution in [-0.4, -0.2) is 20.3 Å². The third-order valence-corrected chi connectivity index (χ3v) is 3.35. The van der Waals surface area contributed by atoms with E-state index in [0.717, 1.165) is 12.2 Å². The van der Waals surface area contributed by atoms with E-state index in [9.17, 15) is 4.39 Å². The summed E-state index contributed by atoms with van der Waals surface area (Å²) < 4.78 is 17.7. The molecular weight excluding hydrogens is 217 g/mol. The molecule has 0 amide bonds. The first-order chi connectivity index (χ1) is 8.36. The maximum Gasteiger partial charge on any atom is 0.122 e. The SMILES string of the molecule is CNC1CCCc2c(OCCCF)cccc21. The van der Waals surface area contributed by atoms with Crippen LogP contribution in [0.25, 0.3) is 0 Å². The molecule has 94 valence electrons. The fourth-order valence-corrected chi connectivity index (χ4v) is 2.49. The molecule has 3 heteroatoms. The summed E-state index contributed by atoms with van der Waals surface area (Å²) in [6.07, 6.45) is 3.90. The summed E-state index contributed by atoms with van der Waals surface area (Å²) in [4.78, 5) is 0.